The van der Waals surface area contributed by atoms with Gasteiger partial charge in [-0.1, -0.05) is 0 Å². The number of nitrogens with one attached hydrogen (secondary N) is 1. The summed E-state index contributed by atoms with van der Waals surface area (Å²) in [6, 6.07) is 5.09. The van der Waals surface area contributed by atoms with Crippen LogP contribution >= 0.6 is 0 Å². The number of carbonyl (C=O) groups is 1. The smallest absolute Gasteiger partial charge is 0.425 e. The molecule has 196 valence electrons. The molecule has 1 spiro atoms. The summed E-state index contributed by atoms with van der Waals surface area (Å²) < 4.78 is 75.9. The number of amides is 1. The zero-order chi connectivity index (χ0) is 26.7. The number of hydrogen-bond donors (Lipinski definition) is 1. The van der Waals surface area contributed by atoms with E-state index >= 15 is 4.39 Å². The Balaban J connectivity index is 1.56. The molecule has 0 bridgehead atoms. The van der Waals surface area contributed by atoms with Crippen LogP contribution in [0.3, 0.4) is 0 Å². The van der Waals surface area contributed by atoms with Crippen LogP contribution in [0, 0.1) is 24.0 Å². The quantitative estimate of drug-likeness (QED) is 0.482. The molecule has 0 radical (unpaired) electrons. The summed E-state index contributed by atoms with van der Waals surface area (Å²) in [6.45, 7) is 2.68. The monoisotopic (exact) mass is 522 g/mol. The molecule has 1 aliphatic carbocycles. The van der Waals surface area contributed by atoms with Crippen LogP contribution in [0.2, 0.25) is 0 Å². The maximum Gasteiger partial charge on any atom is 0.425 e. The molecule has 1 atom stereocenters. The Labute approximate surface area is 207 Å². The number of rotatable bonds is 5. The molecule has 1 amide bonds. The Kier molecular flexibility index (Phi) is 5.87. The molecule has 1 N–H and O–H groups in total. The van der Waals surface area contributed by atoms with E-state index in [0.29, 0.717) is 30.4 Å². The van der Waals surface area contributed by atoms with E-state index in [1.807, 2.05) is 0 Å². The van der Waals surface area contributed by atoms with Gasteiger partial charge >= 0.3 is 11.9 Å². The molecule has 1 saturated carbocycles. The van der Waals surface area contributed by atoms with Crippen molar-refractivity contribution in [3.63, 3.8) is 0 Å². The second-order valence-corrected chi connectivity index (χ2v) is 9.70. The molecular weight excluding hydrogens is 499 g/mol. The molecule has 0 unspecified atom stereocenters. The number of carbonyl (C=O) groups excluding carboxylic acids is 1. The maximum absolute atomic E-state index is 15.3. The number of alkyl halides is 3. The highest BCUT2D eigenvalue weighted by Crippen LogP contribution is 2.53. The number of nitrogens with zero attached hydrogens (tertiary/aromatic N) is 3. The minimum absolute atomic E-state index is 0.112. The Bertz CT molecular complexity index is 1460. The van der Waals surface area contributed by atoms with Gasteiger partial charge in [0.15, 0.2) is 6.10 Å². The van der Waals surface area contributed by atoms with E-state index in [0.717, 1.165) is 49.1 Å². The van der Waals surface area contributed by atoms with Crippen LogP contribution in [0.4, 0.5) is 27.6 Å². The Hall–Kier alpha value is -3.70. The lowest BCUT2D eigenvalue weighted by Gasteiger charge is -2.20. The van der Waals surface area contributed by atoms with Crippen molar-refractivity contribution in [2.45, 2.75) is 58.4 Å². The van der Waals surface area contributed by atoms with Crippen molar-refractivity contribution < 1.29 is 31.5 Å². The van der Waals surface area contributed by atoms with Crippen LogP contribution in [-0.2, 0) is 13.0 Å². The highest BCUT2D eigenvalue weighted by molar-refractivity contribution is 6.06. The van der Waals surface area contributed by atoms with E-state index in [1.54, 1.807) is 0 Å². The summed E-state index contributed by atoms with van der Waals surface area (Å²) in [4.78, 5) is 26.0. The Morgan fingerprint density at radius 3 is 2.54 bits per heavy atom. The average molecular weight is 522 g/mol. The summed E-state index contributed by atoms with van der Waals surface area (Å²) in [5, 5.41) is 6.70. The van der Waals surface area contributed by atoms with Gasteiger partial charge in [0, 0.05) is 24.7 Å². The summed E-state index contributed by atoms with van der Waals surface area (Å²) in [7, 11) is 0. The SMILES string of the molecule is Cc1cc(F)ccc1NC(=O)c1cc(F)c(-n2nc3n(c2=O)CCC2(CC2)C3)cc1O[C@@H](C)C(F)(F)F. The first-order chi connectivity index (χ1) is 17.4. The van der Waals surface area contributed by atoms with E-state index in [2.05, 4.69) is 10.4 Å². The third-order valence-electron chi connectivity index (χ3n) is 7.02. The first-order valence-electron chi connectivity index (χ1n) is 11.7. The van der Waals surface area contributed by atoms with Gasteiger partial charge in [-0.05, 0) is 68.4 Å². The van der Waals surface area contributed by atoms with Gasteiger partial charge in [-0.2, -0.15) is 17.9 Å². The number of aromatic nitrogens is 3. The topological polar surface area (TPSA) is 78.2 Å². The number of anilines is 1. The number of aryl methyl sites for hydroxylation is 1. The van der Waals surface area contributed by atoms with E-state index in [1.165, 1.54) is 17.6 Å². The minimum atomic E-state index is -4.78. The maximum atomic E-state index is 15.3. The number of halogens is 5. The Morgan fingerprint density at radius 1 is 1.16 bits per heavy atom. The van der Waals surface area contributed by atoms with E-state index < -0.39 is 52.5 Å². The lowest BCUT2D eigenvalue weighted by Crippen LogP contribution is -2.32. The molecule has 5 rings (SSSR count). The van der Waals surface area contributed by atoms with Crippen molar-refractivity contribution in [1.82, 2.24) is 14.3 Å². The zero-order valence-electron chi connectivity index (χ0n) is 20.0. The van der Waals surface area contributed by atoms with Gasteiger partial charge in [0.25, 0.3) is 5.91 Å². The van der Waals surface area contributed by atoms with E-state index in [9.17, 15) is 27.2 Å². The van der Waals surface area contributed by atoms with Crippen LogP contribution in [-0.4, -0.2) is 32.5 Å². The molecule has 0 saturated heterocycles. The average Bonchev–Trinajstić information content (AvgIpc) is 3.49. The highest BCUT2D eigenvalue weighted by Gasteiger charge is 2.46. The van der Waals surface area contributed by atoms with E-state index in [-0.39, 0.29) is 11.1 Å². The lowest BCUT2D eigenvalue weighted by atomic mass is 9.95. The van der Waals surface area contributed by atoms with Crippen molar-refractivity contribution in [3.05, 3.63) is 69.4 Å². The van der Waals surface area contributed by atoms with Gasteiger partial charge in [0.1, 0.15) is 28.9 Å². The lowest BCUT2D eigenvalue weighted by molar-refractivity contribution is -0.189. The van der Waals surface area contributed by atoms with Crippen molar-refractivity contribution in [2.24, 2.45) is 5.41 Å². The molecule has 1 fully saturated rings. The summed E-state index contributed by atoms with van der Waals surface area (Å²) in [6.07, 6.45) is -3.72. The van der Waals surface area contributed by atoms with Crippen LogP contribution in [0.1, 0.15) is 47.9 Å². The number of hydrogen-bond acceptors (Lipinski definition) is 4. The highest BCUT2D eigenvalue weighted by atomic mass is 19.4. The van der Waals surface area contributed by atoms with Gasteiger partial charge in [0.2, 0.25) is 0 Å². The second kappa shape index (κ2) is 8.70. The van der Waals surface area contributed by atoms with Crippen molar-refractivity contribution in [1.29, 1.82) is 0 Å². The zero-order valence-corrected chi connectivity index (χ0v) is 20.0. The van der Waals surface area contributed by atoms with Crippen LogP contribution in [0.5, 0.6) is 5.75 Å². The fraction of sp³-hybridized carbons (Fsp3) is 0.400. The van der Waals surface area contributed by atoms with Crippen molar-refractivity contribution >= 4 is 11.6 Å². The molecule has 3 aromatic rings. The fourth-order valence-electron chi connectivity index (χ4n) is 4.52. The Morgan fingerprint density at radius 2 is 1.89 bits per heavy atom. The van der Waals surface area contributed by atoms with Crippen molar-refractivity contribution in [2.75, 3.05) is 5.32 Å². The van der Waals surface area contributed by atoms with Crippen molar-refractivity contribution in [3.8, 4) is 11.4 Å². The van der Waals surface area contributed by atoms with Crippen LogP contribution < -0.4 is 15.7 Å². The molecule has 2 aromatic carbocycles. The van der Waals surface area contributed by atoms with Gasteiger partial charge in [0.05, 0.1) is 5.56 Å². The van der Waals surface area contributed by atoms with Gasteiger partial charge in [-0.3, -0.25) is 9.36 Å². The molecule has 1 aromatic heterocycles. The van der Waals surface area contributed by atoms with Gasteiger partial charge in [-0.15, -0.1) is 5.10 Å². The first kappa shape index (κ1) is 25.0. The first-order valence-corrected chi connectivity index (χ1v) is 11.7. The summed E-state index contributed by atoms with van der Waals surface area (Å²) in [5.74, 6) is -2.68. The van der Waals surface area contributed by atoms with E-state index in [4.69, 9.17) is 4.74 Å². The molecule has 7 nitrogen and oxygen atoms in total. The summed E-state index contributed by atoms with van der Waals surface area (Å²) >= 11 is 0. The molecule has 1 aliphatic heterocycles. The second-order valence-electron chi connectivity index (χ2n) is 9.70. The molecular formula is C25H23F5N4O3. The summed E-state index contributed by atoms with van der Waals surface area (Å²) in [5.41, 5.74) is -0.956. The van der Waals surface area contributed by atoms with Crippen LogP contribution in [0.15, 0.2) is 35.1 Å². The third kappa shape index (κ3) is 4.72. The predicted octanol–water partition coefficient (Wildman–Crippen LogP) is 4.93. The molecule has 37 heavy (non-hydrogen) atoms. The standard InChI is InChI=1S/C25H23F5N4O3/c1-13-9-15(26)3-4-18(13)31-22(35)16-10-17(27)19(11-20(16)37-14(2)25(28,29)30)34-23(36)33-8-7-24(5-6-24)12-21(33)32-34/h3-4,9-11,14H,5-8,12H2,1-2H3,(H,31,35)/t14-/m0/s1. The molecule has 2 heterocycles. The minimum Gasteiger partial charge on any atom is -0.480 e. The largest absolute Gasteiger partial charge is 0.480 e. The third-order valence-corrected chi connectivity index (χ3v) is 7.02. The van der Waals surface area contributed by atoms with Gasteiger partial charge in [-0.25, -0.2) is 13.6 Å². The number of benzene rings is 2. The normalized spacial score (nSPS) is 16.8. The predicted molar refractivity (Wildman–Crippen MR) is 123 cm³/mol. The van der Waals surface area contributed by atoms with Gasteiger partial charge < -0.3 is 10.1 Å². The van der Waals surface area contributed by atoms with Crippen LogP contribution in [0.25, 0.3) is 5.69 Å². The molecule has 12 heteroatoms. The number of ether oxygens (including phenoxy) is 1. The fourth-order valence-corrected chi connectivity index (χ4v) is 4.52. The number of fused-ring (bicyclic) bond motifs is 1. The molecule has 2 aliphatic rings.